The van der Waals surface area contributed by atoms with Crippen molar-refractivity contribution < 1.29 is 4.21 Å². The molecule has 0 aliphatic rings. The fourth-order valence-corrected chi connectivity index (χ4v) is 2.02. The van der Waals surface area contributed by atoms with Crippen LogP contribution in [-0.4, -0.2) is 22.8 Å². The molecule has 0 amide bonds. The molecule has 1 rings (SSSR count). The van der Waals surface area contributed by atoms with Crippen molar-refractivity contribution in [2.45, 2.75) is 6.42 Å². The van der Waals surface area contributed by atoms with Crippen LogP contribution in [0.5, 0.6) is 0 Å². The molecule has 0 saturated heterocycles. The van der Waals surface area contributed by atoms with Gasteiger partial charge < -0.3 is 11.1 Å². The summed E-state index contributed by atoms with van der Waals surface area (Å²) in [5.41, 5.74) is 7.16. The van der Waals surface area contributed by atoms with Crippen LogP contribution in [0.3, 0.4) is 0 Å². The minimum Gasteiger partial charge on any atom is -0.397 e. The summed E-state index contributed by atoms with van der Waals surface area (Å²) in [6.45, 7) is 0.730. The number of nitrogens with one attached hydrogen (secondary N) is 1. The van der Waals surface area contributed by atoms with Crippen molar-refractivity contribution in [2.24, 2.45) is 0 Å². The Labute approximate surface area is 97.5 Å². The van der Waals surface area contributed by atoms with Gasteiger partial charge in [-0.2, -0.15) is 0 Å². The van der Waals surface area contributed by atoms with Crippen LogP contribution in [0, 0.1) is 0 Å². The van der Waals surface area contributed by atoms with E-state index in [1.54, 1.807) is 18.4 Å². The highest BCUT2D eigenvalue weighted by Gasteiger charge is 2.02. The first kappa shape index (κ1) is 12.3. The van der Waals surface area contributed by atoms with Gasteiger partial charge in [-0.3, -0.25) is 4.21 Å². The highest BCUT2D eigenvalue weighted by Crippen LogP contribution is 2.27. The molecular weight excluding hydrogens is 232 g/mol. The Bertz CT molecular complexity index is 337. The van der Waals surface area contributed by atoms with E-state index in [1.165, 1.54) is 0 Å². The number of anilines is 2. The average Bonchev–Trinajstić information content (AvgIpc) is 2.15. The molecule has 0 radical (unpaired) electrons. The molecule has 3 nitrogen and oxygen atoms in total. The Hall–Kier alpha value is -0.740. The molecule has 84 valence electrons. The molecule has 15 heavy (non-hydrogen) atoms. The van der Waals surface area contributed by atoms with Gasteiger partial charge in [0, 0.05) is 29.4 Å². The Balaban J connectivity index is 2.47. The van der Waals surface area contributed by atoms with Crippen molar-refractivity contribution in [1.29, 1.82) is 0 Å². The van der Waals surface area contributed by atoms with E-state index in [4.69, 9.17) is 17.3 Å². The molecule has 0 spiro atoms. The largest absolute Gasteiger partial charge is 0.397 e. The maximum absolute atomic E-state index is 10.8. The minimum absolute atomic E-state index is 0.618. The van der Waals surface area contributed by atoms with Crippen molar-refractivity contribution >= 4 is 33.8 Å². The SMILES string of the molecule is CS(=O)CCCNc1c(N)cccc1Cl. The molecule has 5 heteroatoms. The zero-order valence-corrected chi connectivity index (χ0v) is 10.2. The summed E-state index contributed by atoms with van der Waals surface area (Å²) < 4.78 is 10.8. The van der Waals surface area contributed by atoms with Crippen LogP contribution in [0.25, 0.3) is 0 Å². The number of hydrogen-bond donors (Lipinski definition) is 2. The van der Waals surface area contributed by atoms with Gasteiger partial charge in [-0.25, -0.2) is 0 Å². The molecule has 1 aromatic carbocycles. The average molecular weight is 247 g/mol. The normalized spacial score (nSPS) is 12.4. The Morgan fingerprint density at radius 3 is 2.87 bits per heavy atom. The summed E-state index contributed by atoms with van der Waals surface area (Å²) in [7, 11) is -0.738. The molecule has 0 aromatic heterocycles. The first-order chi connectivity index (χ1) is 7.11. The van der Waals surface area contributed by atoms with E-state index in [2.05, 4.69) is 5.32 Å². The second kappa shape index (κ2) is 5.98. The third-order valence-electron chi connectivity index (χ3n) is 1.96. The van der Waals surface area contributed by atoms with Crippen molar-refractivity contribution in [3.63, 3.8) is 0 Å². The Kier molecular flexibility index (Phi) is 4.91. The van der Waals surface area contributed by atoms with E-state index in [0.29, 0.717) is 16.5 Å². The predicted molar refractivity (Wildman–Crippen MR) is 67.9 cm³/mol. The molecular formula is C10H15ClN2OS. The summed E-state index contributed by atoms with van der Waals surface area (Å²) in [6.07, 6.45) is 2.54. The van der Waals surface area contributed by atoms with Gasteiger partial charge >= 0.3 is 0 Å². The van der Waals surface area contributed by atoms with E-state index in [1.807, 2.05) is 6.07 Å². The van der Waals surface area contributed by atoms with Crippen molar-refractivity contribution in [3.8, 4) is 0 Å². The van der Waals surface area contributed by atoms with Gasteiger partial charge in [0.05, 0.1) is 16.4 Å². The van der Waals surface area contributed by atoms with E-state index in [0.717, 1.165) is 18.7 Å². The van der Waals surface area contributed by atoms with Gasteiger partial charge in [0.2, 0.25) is 0 Å². The standard InChI is InChI=1S/C10H15ClN2OS/c1-15(14)7-3-6-13-10-8(11)4-2-5-9(10)12/h2,4-5,13H,3,6-7,12H2,1H3. The second-order valence-electron chi connectivity index (χ2n) is 3.26. The lowest BCUT2D eigenvalue weighted by Gasteiger charge is -2.10. The van der Waals surface area contributed by atoms with Crippen LogP contribution in [0.15, 0.2) is 18.2 Å². The Morgan fingerprint density at radius 1 is 1.53 bits per heavy atom. The molecule has 1 aromatic rings. The van der Waals surface area contributed by atoms with Crippen LogP contribution in [-0.2, 0) is 10.8 Å². The van der Waals surface area contributed by atoms with E-state index >= 15 is 0 Å². The molecule has 0 heterocycles. The summed E-state index contributed by atoms with van der Waals surface area (Å²) in [5, 5.41) is 3.76. The number of rotatable bonds is 5. The van der Waals surface area contributed by atoms with E-state index in [-0.39, 0.29) is 0 Å². The van der Waals surface area contributed by atoms with E-state index in [9.17, 15) is 4.21 Å². The third-order valence-corrected chi connectivity index (χ3v) is 3.13. The fourth-order valence-electron chi connectivity index (χ4n) is 1.22. The lowest BCUT2D eigenvalue weighted by Crippen LogP contribution is -2.08. The highest BCUT2D eigenvalue weighted by atomic mass is 35.5. The summed E-state index contributed by atoms with van der Waals surface area (Å²) in [6, 6.07) is 5.40. The summed E-state index contributed by atoms with van der Waals surface area (Å²) in [5.74, 6) is 0.692. The third kappa shape index (κ3) is 4.10. The zero-order valence-electron chi connectivity index (χ0n) is 8.63. The summed E-state index contributed by atoms with van der Waals surface area (Å²) in [4.78, 5) is 0. The van der Waals surface area contributed by atoms with Gasteiger partial charge in [0.15, 0.2) is 0 Å². The smallest absolute Gasteiger partial charge is 0.0763 e. The van der Waals surface area contributed by atoms with Gasteiger partial charge in [-0.1, -0.05) is 17.7 Å². The minimum atomic E-state index is -0.738. The molecule has 1 atom stereocenters. The first-order valence-electron chi connectivity index (χ1n) is 4.69. The number of halogens is 1. The molecule has 0 aliphatic carbocycles. The lowest BCUT2D eigenvalue weighted by molar-refractivity contribution is 0.685. The topological polar surface area (TPSA) is 55.1 Å². The van der Waals surface area contributed by atoms with Crippen LogP contribution in [0.1, 0.15) is 6.42 Å². The maximum Gasteiger partial charge on any atom is 0.0763 e. The monoisotopic (exact) mass is 246 g/mol. The Morgan fingerprint density at radius 2 is 2.27 bits per heavy atom. The fraction of sp³-hybridized carbons (Fsp3) is 0.400. The number of hydrogen-bond acceptors (Lipinski definition) is 3. The maximum atomic E-state index is 10.8. The molecule has 0 saturated carbocycles. The lowest BCUT2D eigenvalue weighted by atomic mass is 10.2. The summed E-state index contributed by atoms with van der Waals surface area (Å²) >= 11 is 5.97. The second-order valence-corrected chi connectivity index (χ2v) is 5.22. The molecule has 0 bridgehead atoms. The van der Waals surface area contributed by atoms with Crippen LogP contribution in [0.4, 0.5) is 11.4 Å². The first-order valence-corrected chi connectivity index (χ1v) is 6.79. The van der Waals surface area contributed by atoms with Gasteiger partial charge in [0.25, 0.3) is 0 Å². The number of para-hydroxylation sites is 1. The van der Waals surface area contributed by atoms with Crippen LogP contribution >= 0.6 is 11.6 Å². The zero-order chi connectivity index (χ0) is 11.3. The molecule has 0 aliphatic heterocycles. The number of nitrogen functional groups attached to an aromatic ring is 1. The van der Waals surface area contributed by atoms with Gasteiger partial charge in [-0.05, 0) is 18.6 Å². The van der Waals surface area contributed by atoms with Crippen molar-refractivity contribution in [2.75, 3.05) is 29.6 Å². The number of benzene rings is 1. The predicted octanol–water partition coefficient (Wildman–Crippen LogP) is 2.10. The molecule has 1 unspecified atom stereocenters. The van der Waals surface area contributed by atoms with Crippen molar-refractivity contribution in [1.82, 2.24) is 0 Å². The quantitative estimate of drug-likeness (QED) is 0.618. The van der Waals surface area contributed by atoms with Crippen LogP contribution < -0.4 is 11.1 Å². The molecule has 0 fully saturated rings. The van der Waals surface area contributed by atoms with Gasteiger partial charge in [-0.15, -0.1) is 0 Å². The molecule has 3 N–H and O–H groups in total. The number of nitrogens with two attached hydrogens (primary N) is 1. The van der Waals surface area contributed by atoms with Crippen molar-refractivity contribution in [3.05, 3.63) is 23.2 Å². The highest BCUT2D eigenvalue weighted by molar-refractivity contribution is 7.84. The van der Waals surface area contributed by atoms with Crippen LogP contribution in [0.2, 0.25) is 5.02 Å². The van der Waals surface area contributed by atoms with Gasteiger partial charge in [0.1, 0.15) is 0 Å². The van der Waals surface area contributed by atoms with E-state index < -0.39 is 10.8 Å².